The SMILES string of the molecule is N[C@@H]1CCC[C@H]1CC(=O)Nc1ccc2nc(N3CCOCC3)sc2c1. The predicted octanol–water partition coefficient (Wildman–Crippen LogP) is 2.59. The maximum atomic E-state index is 12.3. The Morgan fingerprint density at radius 3 is 2.96 bits per heavy atom. The van der Waals surface area contributed by atoms with Crippen LogP contribution in [0.15, 0.2) is 18.2 Å². The highest BCUT2D eigenvalue weighted by Crippen LogP contribution is 2.32. The number of ether oxygens (including phenoxy) is 1. The van der Waals surface area contributed by atoms with E-state index < -0.39 is 0 Å². The van der Waals surface area contributed by atoms with Crippen LogP contribution in [0.4, 0.5) is 10.8 Å². The fourth-order valence-electron chi connectivity index (χ4n) is 3.65. The first-order chi connectivity index (χ1) is 12.2. The Kier molecular flexibility index (Phi) is 4.87. The number of morpholine rings is 1. The second-order valence-electron chi connectivity index (χ2n) is 6.89. The number of aromatic nitrogens is 1. The molecule has 4 rings (SSSR count). The molecule has 1 amide bonds. The van der Waals surface area contributed by atoms with Gasteiger partial charge >= 0.3 is 0 Å². The van der Waals surface area contributed by atoms with Crippen molar-refractivity contribution in [3.05, 3.63) is 18.2 Å². The lowest BCUT2D eigenvalue weighted by atomic mass is 10.00. The molecule has 6 nitrogen and oxygen atoms in total. The van der Waals surface area contributed by atoms with Gasteiger partial charge in [0.1, 0.15) is 0 Å². The lowest BCUT2D eigenvalue weighted by Gasteiger charge is -2.25. The normalized spacial score (nSPS) is 24.0. The second-order valence-corrected chi connectivity index (χ2v) is 7.89. The fraction of sp³-hybridized carbons (Fsp3) is 0.556. The molecule has 0 spiro atoms. The van der Waals surface area contributed by atoms with E-state index in [0.717, 1.165) is 66.6 Å². The van der Waals surface area contributed by atoms with E-state index in [4.69, 9.17) is 15.5 Å². The Morgan fingerprint density at radius 2 is 2.20 bits per heavy atom. The third-order valence-electron chi connectivity index (χ3n) is 5.11. The smallest absolute Gasteiger partial charge is 0.224 e. The number of nitrogens with zero attached hydrogens (tertiary/aromatic N) is 2. The first-order valence-corrected chi connectivity index (χ1v) is 9.79. The average molecular weight is 360 g/mol. The van der Waals surface area contributed by atoms with E-state index in [1.807, 2.05) is 18.2 Å². The molecule has 2 aromatic rings. The summed E-state index contributed by atoms with van der Waals surface area (Å²) in [4.78, 5) is 19.3. The molecule has 0 radical (unpaired) electrons. The van der Waals surface area contributed by atoms with Gasteiger partial charge in [0.25, 0.3) is 0 Å². The number of benzene rings is 1. The summed E-state index contributed by atoms with van der Waals surface area (Å²) in [5.74, 6) is 0.375. The van der Waals surface area contributed by atoms with E-state index in [0.29, 0.717) is 12.3 Å². The number of rotatable bonds is 4. The van der Waals surface area contributed by atoms with Gasteiger partial charge in [0.05, 0.1) is 23.4 Å². The van der Waals surface area contributed by atoms with Gasteiger partial charge in [-0.2, -0.15) is 0 Å². The first-order valence-electron chi connectivity index (χ1n) is 8.98. The standard InChI is InChI=1S/C18H24N4O2S/c19-14-3-1-2-12(14)10-17(23)20-13-4-5-15-16(11-13)25-18(21-15)22-6-8-24-9-7-22/h4-5,11-12,14H,1-3,6-10,19H2,(H,20,23)/t12-,14+/m0/s1. The lowest BCUT2D eigenvalue weighted by molar-refractivity contribution is -0.117. The highest BCUT2D eigenvalue weighted by molar-refractivity contribution is 7.22. The number of hydrogen-bond donors (Lipinski definition) is 2. The molecule has 3 N–H and O–H groups in total. The van der Waals surface area contributed by atoms with Crippen LogP contribution in [0.25, 0.3) is 10.2 Å². The Balaban J connectivity index is 1.44. The molecule has 1 aromatic carbocycles. The molecule has 1 saturated heterocycles. The summed E-state index contributed by atoms with van der Waals surface area (Å²) in [7, 11) is 0. The monoisotopic (exact) mass is 360 g/mol. The minimum atomic E-state index is 0.0552. The van der Waals surface area contributed by atoms with Crippen molar-refractivity contribution < 1.29 is 9.53 Å². The van der Waals surface area contributed by atoms with Crippen molar-refractivity contribution in [3.8, 4) is 0 Å². The summed E-state index contributed by atoms with van der Waals surface area (Å²) in [6, 6.07) is 6.10. The van der Waals surface area contributed by atoms with Crippen LogP contribution in [-0.2, 0) is 9.53 Å². The second kappa shape index (κ2) is 7.27. The lowest BCUT2D eigenvalue weighted by Crippen LogP contribution is -2.36. The number of hydrogen-bond acceptors (Lipinski definition) is 6. The van der Waals surface area contributed by atoms with E-state index in [2.05, 4.69) is 10.2 Å². The molecule has 1 saturated carbocycles. The van der Waals surface area contributed by atoms with Crippen molar-refractivity contribution in [2.24, 2.45) is 11.7 Å². The van der Waals surface area contributed by atoms with Crippen LogP contribution in [0.2, 0.25) is 0 Å². The van der Waals surface area contributed by atoms with Gasteiger partial charge in [-0.15, -0.1) is 0 Å². The number of carbonyl (C=O) groups excluding carboxylic acids is 1. The summed E-state index contributed by atoms with van der Waals surface area (Å²) in [6.45, 7) is 3.26. The summed E-state index contributed by atoms with van der Waals surface area (Å²) in [5.41, 5.74) is 7.88. The quantitative estimate of drug-likeness (QED) is 0.876. The topological polar surface area (TPSA) is 80.5 Å². The first kappa shape index (κ1) is 16.8. The van der Waals surface area contributed by atoms with Crippen LogP contribution in [0, 0.1) is 5.92 Å². The molecule has 2 heterocycles. The molecule has 134 valence electrons. The number of carbonyl (C=O) groups is 1. The largest absolute Gasteiger partial charge is 0.378 e. The molecule has 0 bridgehead atoms. The van der Waals surface area contributed by atoms with Crippen molar-refractivity contribution >= 4 is 38.3 Å². The van der Waals surface area contributed by atoms with Gasteiger partial charge in [-0.25, -0.2) is 4.98 Å². The molecule has 1 aromatic heterocycles. The number of nitrogens with one attached hydrogen (secondary N) is 1. The van der Waals surface area contributed by atoms with Crippen molar-refractivity contribution in [1.29, 1.82) is 0 Å². The van der Waals surface area contributed by atoms with E-state index in [1.54, 1.807) is 11.3 Å². The Hall–Kier alpha value is -1.70. The Morgan fingerprint density at radius 1 is 1.36 bits per heavy atom. The molecule has 25 heavy (non-hydrogen) atoms. The Labute approximate surface area is 151 Å². The minimum absolute atomic E-state index is 0.0552. The van der Waals surface area contributed by atoms with Crippen LogP contribution in [-0.4, -0.2) is 43.2 Å². The summed E-state index contributed by atoms with van der Waals surface area (Å²) < 4.78 is 6.49. The van der Waals surface area contributed by atoms with Crippen molar-refractivity contribution in [2.45, 2.75) is 31.7 Å². The van der Waals surface area contributed by atoms with Gasteiger partial charge in [0.2, 0.25) is 5.91 Å². The van der Waals surface area contributed by atoms with Crippen LogP contribution >= 0.6 is 11.3 Å². The number of nitrogens with two attached hydrogens (primary N) is 1. The third kappa shape index (κ3) is 3.78. The van der Waals surface area contributed by atoms with E-state index >= 15 is 0 Å². The molecular formula is C18H24N4O2S. The van der Waals surface area contributed by atoms with Crippen LogP contribution in [0.3, 0.4) is 0 Å². The van der Waals surface area contributed by atoms with Gasteiger partial charge in [0, 0.05) is 31.2 Å². The fourth-order valence-corrected chi connectivity index (χ4v) is 4.71. The number of thiazole rings is 1. The van der Waals surface area contributed by atoms with Gasteiger partial charge in [-0.1, -0.05) is 17.8 Å². The zero-order valence-corrected chi connectivity index (χ0v) is 15.1. The maximum absolute atomic E-state index is 12.3. The zero-order chi connectivity index (χ0) is 17.2. The maximum Gasteiger partial charge on any atom is 0.224 e. The van der Waals surface area contributed by atoms with Crippen LogP contribution in [0.5, 0.6) is 0 Å². The minimum Gasteiger partial charge on any atom is -0.378 e. The Bertz CT molecular complexity index is 757. The van der Waals surface area contributed by atoms with E-state index in [-0.39, 0.29) is 11.9 Å². The van der Waals surface area contributed by atoms with E-state index in [9.17, 15) is 4.79 Å². The zero-order valence-electron chi connectivity index (χ0n) is 14.2. The van der Waals surface area contributed by atoms with Gasteiger partial charge in [-0.05, 0) is 37.0 Å². The average Bonchev–Trinajstić information content (AvgIpc) is 3.22. The molecule has 2 aliphatic rings. The van der Waals surface area contributed by atoms with Crippen molar-refractivity contribution in [1.82, 2.24) is 4.98 Å². The summed E-state index contributed by atoms with van der Waals surface area (Å²) >= 11 is 1.67. The van der Waals surface area contributed by atoms with Crippen LogP contribution in [0.1, 0.15) is 25.7 Å². The van der Waals surface area contributed by atoms with Crippen LogP contribution < -0.4 is 16.0 Å². The molecular weight excluding hydrogens is 336 g/mol. The van der Waals surface area contributed by atoms with Gasteiger partial charge in [0.15, 0.2) is 5.13 Å². The summed E-state index contributed by atoms with van der Waals surface area (Å²) in [6.07, 6.45) is 3.75. The van der Waals surface area contributed by atoms with E-state index in [1.165, 1.54) is 0 Å². The molecule has 1 aliphatic heterocycles. The molecule has 1 aliphatic carbocycles. The van der Waals surface area contributed by atoms with Gasteiger partial charge in [-0.3, -0.25) is 4.79 Å². The number of amides is 1. The summed E-state index contributed by atoms with van der Waals surface area (Å²) in [5, 5.41) is 4.05. The highest BCUT2D eigenvalue weighted by Gasteiger charge is 2.26. The number of anilines is 2. The molecule has 0 unspecified atom stereocenters. The van der Waals surface area contributed by atoms with Gasteiger partial charge < -0.3 is 20.7 Å². The van der Waals surface area contributed by atoms with Crippen molar-refractivity contribution in [2.75, 3.05) is 36.5 Å². The highest BCUT2D eigenvalue weighted by atomic mass is 32.1. The van der Waals surface area contributed by atoms with Crippen molar-refractivity contribution in [3.63, 3.8) is 0 Å². The molecule has 2 fully saturated rings. The predicted molar refractivity (Wildman–Crippen MR) is 101 cm³/mol. The molecule has 7 heteroatoms. The number of fused-ring (bicyclic) bond motifs is 1. The molecule has 2 atom stereocenters. The third-order valence-corrected chi connectivity index (χ3v) is 6.19.